The van der Waals surface area contributed by atoms with Gasteiger partial charge in [0.15, 0.2) is 0 Å². The second kappa shape index (κ2) is 12.6. The lowest BCUT2D eigenvalue weighted by atomic mass is 9.98. The number of hydrogen-bond acceptors (Lipinski definition) is 3. The molecule has 3 heteroatoms. The van der Waals surface area contributed by atoms with E-state index in [1.54, 1.807) is 0 Å². The molecule has 0 spiro atoms. The molecule has 0 aliphatic carbocycles. The smallest absolute Gasteiger partial charge is 0.145 e. The van der Waals surface area contributed by atoms with Crippen LogP contribution in [0.15, 0.2) is 209 Å². The van der Waals surface area contributed by atoms with E-state index in [0.717, 1.165) is 83.2 Å². The first-order valence-corrected chi connectivity index (χ1v) is 18.7. The number of hydrogen-bond donors (Lipinski definition) is 0. The molecule has 0 bridgehead atoms. The molecule has 0 aliphatic rings. The largest absolute Gasteiger partial charge is 0.456 e. The van der Waals surface area contributed by atoms with E-state index < -0.39 is 0 Å². The van der Waals surface area contributed by atoms with Crippen LogP contribution in [-0.4, -0.2) is 0 Å². The van der Waals surface area contributed by atoms with Gasteiger partial charge in [-0.3, -0.25) is 0 Å². The van der Waals surface area contributed by atoms with Crippen molar-refractivity contribution in [3.05, 3.63) is 200 Å². The second-order valence-electron chi connectivity index (χ2n) is 14.1. The van der Waals surface area contributed by atoms with Crippen LogP contribution in [0.4, 0.5) is 17.1 Å². The fraction of sp³-hybridized carbons (Fsp3) is 0. The topological polar surface area (TPSA) is 29.5 Å². The molecule has 0 saturated carbocycles. The Hall–Kier alpha value is -7.36. The number of anilines is 3. The van der Waals surface area contributed by atoms with Gasteiger partial charge in [-0.2, -0.15) is 0 Å². The van der Waals surface area contributed by atoms with Crippen LogP contribution in [0.2, 0.25) is 0 Å². The van der Waals surface area contributed by atoms with E-state index in [-0.39, 0.29) is 0 Å². The van der Waals surface area contributed by atoms with Gasteiger partial charge in [0.2, 0.25) is 0 Å². The molecule has 0 aliphatic heterocycles. The second-order valence-corrected chi connectivity index (χ2v) is 14.1. The van der Waals surface area contributed by atoms with E-state index in [9.17, 15) is 0 Å². The van der Waals surface area contributed by atoms with Crippen LogP contribution in [0.25, 0.3) is 88.0 Å². The Labute approximate surface area is 317 Å². The summed E-state index contributed by atoms with van der Waals surface area (Å²) in [6.45, 7) is 0. The predicted molar refractivity (Wildman–Crippen MR) is 229 cm³/mol. The molecule has 3 nitrogen and oxygen atoms in total. The van der Waals surface area contributed by atoms with Crippen molar-refractivity contribution in [3.8, 4) is 33.4 Å². The van der Waals surface area contributed by atoms with Crippen LogP contribution in [0.1, 0.15) is 0 Å². The van der Waals surface area contributed by atoms with Crippen molar-refractivity contribution in [1.82, 2.24) is 0 Å². The molecule has 0 N–H and O–H groups in total. The molecule has 9 aromatic carbocycles. The predicted octanol–water partition coefficient (Wildman–Crippen LogP) is 15.1. The average Bonchev–Trinajstić information content (AvgIpc) is 3.84. The summed E-state index contributed by atoms with van der Waals surface area (Å²) in [5.74, 6) is 0. The Balaban J connectivity index is 1.18. The fourth-order valence-electron chi connectivity index (χ4n) is 8.23. The van der Waals surface area contributed by atoms with E-state index in [0.29, 0.717) is 0 Å². The van der Waals surface area contributed by atoms with E-state index in [1.165, 1.54) is 21.9 Å². The van der Waals surface area contributed by atoms with Gasteiger partial charge < -0.3 is 13.7 Å². The highest BCUT2D eigenvalue weighted by atomic mass is 16.3. The van der Waals surface area contributed by atoms with Gasteiger partial charge in [-0.15, -0.1) is 0 Å². The van der Waals surface area contributed by atoms with Crippen LogP contribution in [-0.2, 0) is 0 Å². The zero-order chi connectivity index (χ0) is 36.3. The Kier molecular flexibility index (Phi) is 7.17. The molecule has 11 rings (SSSR count). The van der Waals surface area contributed by atoms with Crippen LogP contribution < -0.4 is 4.90 Å². The lowest BCUT2D eigenvalue weighted by Gasteiger charge is -2.27. The highest BCUT2D eigenvalue weighted by Crippen LogP contribution is 2.49. The molecule has 0 radical (unpaired) electrons. The summed E-state index contributed by atoms with van der Waals surface area (Å²) >= 11 is 0. The van der Waals surface area contributed by atoms with Gasteiger partial charge in [0.05, 0.1) is 22.1 Å². The van der Waals surface area contributed by atoms with Crippen LogP contribution in [0, 0.1) is 0 Å². The number of rotatable bonds is 6. The van der Waals surface area contributed by atoms with Crippen molar-refractivity contribution in [2.24, 2.45) is 0 Å². The van der Waals surface area contributed by atoms with Gasteiger partial charge >= 0.3 is 0 Å². The molecule has 2 heterocycles. The van der Waals surface area contributed by atoms with E-state index >= 15 is 0 Å². The molecule has 0 fully saturated rings. The summed E-state index contributed by atoms with van der Waals surface area (Å²) in [5.41, 5.74) is 13.3. The molecule has 0 unspecified atom stereocenters. The third-order valence-corrected chi connectivity index (χ3v) is 10.9. The summed E-state index contributed by atoms with van der Waals surface area (Å²) < 4.78 is 13.4. The molecular formula is C52H33NO2. The van der Waals surface area contributed by atoms with Gasteiger partial charge in [-0.05, 0) is 99.3 Å². The first-order valence-electron chi connectivity index (χ1n) is 18.7. The first kappa shape index (κ1) is 31.2. The van der Waals surface area contributed by atoms with Crippen molar-refractivity contribution in [1.29, 1.82) is 0 Å². The number of nitrogens with zero attached hydrogens (tertiary/aromatic N) is 1. The maximum Gasteiger partial charge on any atom is 0.145 e. The third-order valence-electron chi connectivity index (χ3n) is 10.9. The Bertz CT molecular complexity index is 3190. The van der Waals surface area contributed by atoms with Crippen molar-refractivity contribution >= 4 is 71.7 Å². The van der Waals surface area contributed by atoms with Gasteiger partial charge in [0.1, 0.15) is 22.3 Å². The van der Waals surface area contributed by atoms with Gasteiger partial charge in [-0.25, -0.2) is 0 Å². The number of para-hydroxylation sites is 1. The lowest BCUT2D eigenvalue weighted by molar-refractivity contribution is 0.669. The van der Waals surface area contributed by atoms with Crippen LogP contribution >= 0.6 is 0 Å². The molecule has 2 aromatic heterocycles. The number of fused-ring (bicyclic) bond motifs is 7. The highest BCUT2D eigenvalue weighted by Gasteiger charge is 2.25. The van der Waals surface area contributed by atoms with E-state index in [1.807, 2.05) is 6.07 Å². The minimum atomic E-state index is 0.838. The van der Waals surface area contributed by atoms with Crippen molar-refractivity contribution in [2.45, 2.75) is 0 Å². The zero-order valence-corrected chi connectivity index (χ0v) is 29.8. The summed E-state index contributed by atoms with van der Waals surface area (Å²) in [5, 5.41) is 6.72. The van der Waals surface area contributed by atoms with E-state index in [4.69, 9.17) is 8.83 Å². The maximum atomic E-state index is 6.77. The Morgan fingerprint density at radius 1 is 0.327 bits per heavy atom. The minimum Gasteiger partial charge on any atom is -0.456 e. The zero-order valence-electron chi connectivity index (χ0n) is 29.8. The SMILES string of the molecule is c1ccc(-c2ccc3oc4cccc(N(c5ccc(-c6ccc7ccccc7c6)cc5)c5ccc(-c6ccccc6)c6oc7ccccc7c56)c4c3c2)cc1. The quantitative estimate of drug-likeness (QED) is 0.173. The summed E-state index contributed by atoms with van der Waals surface area (Å²) in [4.78, 5) is 2.38. The van der Waals surface area contributed by atoms with E-state index in [2.05, 4.69) is 199 Å². The van der Waals surface area contributed by atoms with Gasteiger partial charge in [0.25, 0.3) is 0 Å². The number of furan rings is 2. The maximum absolute atomic E-state index is 6.77. The first-order chi connectivity index (χ1) is 27.3. The van der Waals surface area contributed by atoms with Crippen molar-refractivity contribution in [3.63, 3.8) is 0 Å². The summed E-state index contributed by atoms with van der Waals surface area (Å²) in [7, 11) is 0. The molecule has 0 amide bonds. The van der Waals surface area contributed by atoms with Crippen molar-refractivity contribution in [2.75, 3.05) is 4.90 Å². The molecule has 55 heavy (non-hydrogen) atoms. The van der Waals surface area contributed by atoms with Crippen LogP contribution in [0.5, 0.6) is 0 Å². The minimum absolute atomic E-state index is 0.838. The monoisotopic (exact) mass is 703 g/mol. The van der Waals surface area contributed by atoms with Gasteiger partial charge in [-0.1, -0.05) is 140 Å². The Morgan fingerprint density at radius 2 is 0.945 bits per heavy atom. The standard InChI is InChI=1S/C52H33NO2/c1-3-12-34(13-4-1)40-26-31-48-44(33-40)50-45(19-11-21-49(50)54-48)53(41-27-24-36(25-28-41)39-23-22-35-14-7-8-17-38(35)32-39)46-30-29-42(37-15-5-2-6-16-37)52-51(46)43-18-9-10-20-47(43)55-52/h1-33H. The summed E-state index contributed by atoms with van der Waals surface area (Å²) in [6.07, 6.45) is 0. The molecule has 0 atom stereocenters. The van der Waals surface area contributed by atoms with Gasteiger partial charge in [0, 0.05) is 22.0 Å². The lowest BCUT2D eigenvalue weighted by Crippen LogP contribution is -2.11. The third kappa shape index (κ3) is 5.20. The molecule has 258 valence electrons. The summed E-state index contributed by atoms with van der Waals surface area (Å²) in [6, 6.07) is 70.9. The molecule has 0 saturated heterocycles. The molecular weight excluding hydrogens is 671 g/mol. The normalized spacial score (nSPS) is 11.6. The Morgan fingerprint density at radius 3 is 1.78 bits per heavy atom. The van der Waals surface area contributed by atoms with Crippen LogP contribution in [0.3, 0.4) is 0 Å². The fourth-order valence-corrected chi connectivity index (χ4v) is 8.23. The van der Waals surface area contributed by atoms with Crippen molar-refractivity contribution < 1.29 is 8.83 Å². The average molecular weight is 704 g/mol. The molecule has 11 aromatic rings. The number of benzene rings is 9. The highest BCUT2D eigenvalue weighted by molar-refractivity contribution is 6.20.